The van der Waals surface area contributed by atoms with Crippen molar-refractivity contribution in [2.45, 2.75) is 11.8 Å². The Kier molecular flexibility index (Phi) is 6.15. The summed E-state index contributed by atoms with van der Waals surface area (Å²) >= 11 is 0. The van der Waals surface area contributed by atoms with Crippen molar-refractivity contribution >= 4 is 20.0 Å². The highest BCUT2D eigenvalue weighted by molar-refractivity contribution is 7.90. The Morgan fingerprint density at radius 2 is 1.61 bits per heavy atom. The van der Waals surface area contributed by atoms with Gasteiger partial charge in [-0.1, -0.05) is 25.1 Å². The van der Waals surface area contributed by atoms with Gasteiger partial charge in [0.25, 0.3) is 0 Å². The molecule has 0 amide bonds. The fourth-order valence-electron chi connectivity index (χ4n) is 2.44. The van der Waals surface area contributed by atoms with Crippen LogP contribution in [0.2, 0.25) is 0 Å². The molecular weight excluding hydrogens is 338 g/mol. The zero-order chi connectivity index (χ0) is 16.9. The second kappa shape index (κ2) is 7.71. The molecule has 0 atom stereocenters. The van der Waals surface area contributed by atoms with Crippen LogP contribution >= 0.6 is 0 Å². The van der Waals surface area contributed by atoms with Crippen molar-refractivity contribution < 1.29 is 16.8 Å². The number of sulfonamides is 2. The van der Waals surface area contributed by atoms with E-state index >= 15 is 0 Å². The topological polar surface area (TPSA) is 86.8 Å². The summed E-state index contributed by atoms with van der Waals surface area (Å²) in [7, 11) is -7.11. The lowest BCUT2D eigenvalue weighted by molar-refractivity contribution is 0.196. The Morgan fingerprint density at radius 1 is 1.00 bits per heavy atom. The van der Waals surface area contributed by atoms with Crippen LogP contribution in [0.15, 0.2) is 35.2 Å². The van der Waals surface area contributed by atoms with E-state index in [2.05, 4.69) is 9.62 Å². The van der Waals surface area contributed by atoms with Crippen molar-refractivity contribution in [3.8, 4) is 0 Å². The van der Waals surface area contributed by atoms with Crippen molar-refractivity contribution in [2.75, 3.05) is 45.0 Å². The van der Waals surface area contributed by atoms with Crippen LogP contribution in [0.3, 0.4) is 0 Å². The van der Waals surface area contributed by atoms with Crippen molar-refractivity contribution in [3.63, 3.8) is 0 Å². The highest BCUT2D eigenvalue weighted by Gasteiger charge is 2.26. The number of nitrogens with zero attached hydrogens (tertiary/aromatic N) is 2. The summed E-state index contributed by atoms with van der Waals surface area (Å²) in [5.74, 6) is -0.231. The van der Waals surface area contributed by atoms with Gasteiger partial charge in [-0.15, -0.1) is 0 Å². The number of benzene rings is 1. The number of piperazine rings is 1. The maximum absolute atomic E-state index is 12.3. The van der Waals surface area contributed by atoms with E-state index in [9.17, 15) is 16.8 Å². The first-order valence-corrected chi connectivity index (χ1v) is 10.7. The molecule has 1 N–H and O–H groups in total. The van der Waals surface area contributed by atoms with E-state index in [4.69, 9.17) is 0 Å². The first-order valence-electron chi connectivity index (χ1n) is 7.60. The average molecular weight is 361 g/mol. The van der Waals surface area contributed by atoms with Crippen LogP contribution in [0.1, 0.15) is 6.92 Å². The zero-order valence-electron chi connectivity index (χ0n) is 13.2. The second-order valence-corrected chi connectivity index (χ2v) is 9.22. The largest absolute Gasteiger partial charge is 0.301 e. The molecule has 0 bridgehead atoms. The summed E-state index contributed by atoms with van der Waals surface area (Å²) in [4.78, 5) is 2.32. The molecule has 9 heteroatoms. The molecular formula is C14H23N3O4S2. The Labute approximate surface area is 138 Å². The minimum Gasteiger partial charge on any atom is -0.301 e. The molecule has 0 unspecified atom stereocenters. The van der Waals surface area contributed by atoms with Crippen molar-refractivity contribution in [1.29, 1.82) is 0 Å². The third-order valence-corrected chi connectivity index (χ3v) is 7.23. The quantitative estimate of drug-likeness (QED) is 0.735. The van der Waals surface area contributed by atoms with Crippen LogP contribution in [0, 0.1) is 0 Å². The molecule has 1 aromatic carbocycles. The zero-order valence-corrected chi connectivity index (χ0v) is 14.8. The van der Waals surface area contributed by atoms with Crippen LogP contribution in [-0.2, 0) is 20.0 Å². The van der Waals surface area contributed by atoms with E-state index in [0.717, 1.165) is 6.54 Å². The number of rotatable bonds is 7. The highest BCUT2D eigenvalue weighted by Crippen LogP contribution is 2.09. The monoisotopic (exact) mass is 361 g/mol. The van der Waals surface area contributed by atoms with E-state index in [-0.39, 0.29) is 17.2 Å². The maximum Gasteiger partial charge on any atom is 0.240 e. The molecule has 0 spiro atoms. The number of hydrogen-bond acceptors (Lipinski definition) is 5. The summed E-state index contributed by atoms with van der Waals surface area (Å²) in [6.45, 7) is 5.17. The lowest BCUT2D eigenvalue weighted by Crippen LogP contribution is -2.49. The summed E-state index contributed by atoms with van der Waals surface area (Å²) < 4.78 is 52.4. The first kappa shape index (κ1) is 18.3. The number of nitrogens with one attached hydrogen (secondary N) is 1. The predicted molar refractivity (Wildman–Crippen MR) is 89.1 cm³/mol. The Hall–Kier alpha value is -1.00. The molecule has 1 saturated heterocycles. The second-order valence-electron chi connectivity index (χ2n) is 5.36. The van der Waals surface area contributed by atoms with Gasteiger partial charge in [-0.25, -0.2) is 21.6 Å². The minimum absolute atomic E-state index is 0.131. The predicted octanol–water partition coefficient (Wildman–Crippen LogP) is -0.0678. The lowest BCUT2D eigenvalue weighted by atomic mass is 10.4. The third-order valence-electron chi connectivity index (χ3n) is 3.88. The highest BCUT2D eigenvalue weighted by atomic mass is 32.2. The molecule has 7 nitrogen and oxygen atoms in total. The Balaban J connectivity index is 1.88. The Morgan fingerprint density at radius 3 is 2.17 bits per heavy atom. The molecule has 0 aliphatic carbocycles. The van der Waals surface area contributed by atoms with Gasteiger partial charge in [-0.2, -0.15) is 4.31 Å². The molecule has 0 radical (unpaired) electrons. The van der Waals surface area contributed by atoms with Gasteiger partial charge in [0.05, 0.1) is 10.6 Å². The fourth-order valence-corrected chi connectivity index (χ4v) is 4.96. The van der Waals surface area contributed by atoms with Crippen molar-refractivity contribution in [2.24, 2.45) is 0 Å². The lowest BCUT2D eigenvalue weighted by Gasteiger charge is -2.33. The van der Waals surface area contributed by atoms with E-state index in [1.807, 2.05) is 6.92 Å². The van der Waals surface area contributed by atoms with Crippen LogP contribution < -0.4 is 4.72 Å². The van der Waals surface area contributed by atoms with Gasteiger partial charge in [0.1, 0.15) is 0 Å². The normalized spacial score (nSPS) is 18.1. The van der Waals surface area contributed by atoms with Gasteiger partial charge in [0, 0.05) is 32.7 Å². The molecule has 1 aliphatic heterocycles. The van der Waals surface area contributed by atoms with Crippen LogP contribution in [0.5, 0.6) is 0 Å². The third kappa shape index (κ3) is 4.98. The van der Waals surface area contributed by atoms with Gasteiger partial charge >= 0.3 is 0 Å². The summed E-state index contributed by atoms with van der Waals surface area (Å²) in [6, 6.07) is 7.91. The minimum atomic E-state index is -3.67. The van der Waals surface area contributed by atoms with Gasteiger partial charge in [0.15, 0.2) is 0 Å². The maximum atomic E-state index is 12.3. The summed E-state index contributed by atoms with van der Waals surface area (Å²) in [6.07, 6.45) is 0. The molecule has 130 valence electrons. The molecule has 1 aliphatic rings. The molecule has 23 heavy (non-hydrogen) atoms. The van der Waals surface area contributed by atoms with Crippen LogP contribution in [0.25, 0.3) is 0 Å². The van der Waals surface area contributed by atoms with E-state index < -0.39 is 20.0 Å². The van der Waals surface area contributed by atoms with Crippen LogP contribution in [-0.4, -0.2) is 71.1 Å². The molecule has 0 saturated carbocycles. The summed E-state index contributed by atoms with van der Waals surface area (Å²) in [5.41, 5.74) is 0. The van der Waals surface area contributed by atoms with Gasteiger partial charge < -0.3 is 4.90 Å². The van der Waals surface area contributed by atoms with Gasteiger partial charge in [0.2, 0.25) is 20.0 Å². The fraction of sp³-hybridized carbons (Fsp3) is 0.571. The standard InChI is InChI=1S/C14H23N3O4S2/c1-2-16-9-11-17(12-10-16)22(18,19)13-8-15-23(20,21)14-6-4-3-5-7-14/h3-7,15H,2,8-13H2,1H3. The van der Waals surface area contributed by atoms with E-state index in [1.54, 1.807) is 18.2 Å². The van der Waals surface area contributed by atoms with E-state index in [0.29, 0.717) is 26.2 Å². The summed E-state index contributed by atoms with van der Waals surface area (Å²) in [5, 5.41) is 0. The SMILES string of the molecule is CCN1CCN(S(=O)(=O)CCNS(=O)(=O)c2ccccc2)CC1. The number of hydrogen-bond donors (Lipinski definition) is 1. The van der Waals surface area contributed by atoms with Crippen molar-refractivity contribution in [3.05, 3.63) is 30.3 Å². The van der Waals surface area contributed by atoms with Gasteiger partial charge in [-0.05, 0) is 18.7 Å². The van der Waals surface area contributed by atoms with Crippen molar-refractivity contribution in [1.82, 2.24) is 13.9 Å². The van der Waals surface area contributed by atoms with Crippen LogP contribution in [0.4, 0.5) is 0 Å². The molecule has 2 rings (SSSR count). The van der Waals surface area contributed by atoms with E-state index in [1.165, 1.54) is 16.4 Å². The molecule has 0 aromatic heterocycles. The van der Waals surface area contributed by atoms with Gasteiger partial charge in [-0.3, -0.25) is 0 Å². The molecule has 1 fully saturated rings. The Bertz CT molecular complexity index is 697. The molecule has 1 aromatic rings. The first-order chi connectivity index (χ1) is 10.8. The molecule has 1 heterocycles. The average Bonchev–Trinajstić information content (AvgIpc) is 2.55. The smallest absolute Gasteiger partial charge is 0.240 e. The number of likely N-dealkylation sites (N-methyl/N-ethyl adjacent to an activating group) is 1.